The third-order valence-electron chi connectivity index (χ3n) is 3.82. The van der Waals surface area contributed by atoms with E-state index in [0.29, 0.717) is 23.5 Å². The first kappa shape index (κ1) is 18.5. The second-order valence-electron chi connectivity index (χ2n) is 5.45. The molecule has 0 fully saturated rings. The second-order valence-corrected chi connectivity index (χ2v) is 5.45. The number of halogens is 2. The molecule has 6 nitrogen and oxygen atoms in total. The fraction of sp³-hybridized carbons (Fsp3) is 0.176. The van der Waals surface area contributed by atoms with Crippen molar-refractivity contribution in [3.8, 4) is 0 Å². The summed E-state index contributed by atoms with van der Waals surface area (Å²) in [5.41, 5.74) is 1.04. The van der Waals surface area contributed by atoms with Crippen molar-refractivity contribution in [1.29, 1.82) is 0 Å². The van der Waals surface area contributed by atoms with Gasteiger partial charge in [-0.3, -0.25) is 19.9 Å². The number of nitro benzene ring substituents is 1. The Labute approximate surface area is 149 Å². The van der Waals surface area contributed by atoms with Crippen molar-refractivity contribution in [1.82, 2.24) is 5.32 Å². The van der Waals surface area contributed by atoms with E-state index >= 15 is 0 Å². The van der Waals surface area contributed by atoms with Gasteiger partial charge in [0, 0.05) is 29.8 Å². The summed E-state index contributed by atoms with van der Waals surface area (Å²) < 4.78 is 12.9. The Bertz CT molecular complexity index is 824. The standard InChI is InChI=1S/C17H14FN3O3.ClH/c18-14-6-4-11(5-7-14)16(22)13-9-19-17(20-10-13)12-2-1-3-15(8-12)21(23)24;/h1-8,13H,9-10H2,(H,19,20);1H. The van der Waals surface area contributed by atoms with E-state index in [9.17, 15) is 19.3 Å². The van der Waals surface area contributed by atoms with Gasteiger partial charge in [-0.15, -0.1) is 12.4 Å². The summed E-state index contributed by atoms with van der Waals surface area (Å²) in [6, 6.07) is 11.6. The zero-order chi connectivity index (χ0) is 17.1. The maximum Gasteiger partial charge on any atom is 0.270 e. The number of carbonyl (C=O) groups excluding carboxylic acids is 1. The highest BCUT2D eigenvalue weighted by Gasteiger charge is 2.24. The number of nitrogens with one attached hydrogen (secondary N) is 1. The minimum absolute atomic E-state index is 0. The maximum absolute atomic E-state index is 12.9. The number of nitro groups is 1. The zero-order valence-corrected chi connectivity index (χ0v) is 13.8. The average Bonchev–Trinajstić information content (AvgIpc) is 2.62. The van der Waals surface area contributed by atoms with Gasteiger partial charge < -0.3 is 5.32 Å². The SMILES string of the molecule is Cl.O=C(c1ccc(F)cc1)C1CN=C(c2cccc([N+](=O)[O-])c2)NC1. The number of non-ortho nitro benzene ring substituents is 1. The van der Waals surface area contributed by atoms with Gasteiger partial charge in [-0.2, -0.15) is 0 Å². The lowest BCUT2D eigenvalue weighted by Gasteiger charge is -2.22. The summed E-state index contributed by atoms with van der Waals surface area (Å²) in [4.78, 5) is 27.1. The van der Waals surface area contributed by atoms with Crippen molar-refractivity contribution in [2.45, 2.75) is 0 Å². The minimum atomic E-state index is -0.465. The Hall–Kier alpha value is -2.80. The van der Waals surface area contributed by atoms with Crippen LogP contribution in [0.3, 0.4) is 0 Å². The number of nitrogens with zero attached hydrogens (tertiary/aromatic N) is 2. The molecule has 130 valence electrons. The number of hydrogen-bond donors (Lipinski definition) is 1. The Morgan fingerprint density at radius 1 is 1.24 bits per heavy atom. The molecule has 1 aliphatic rings. The minimum Gasteiger partial charge on any atom is -0.369 e. The van der Waals surface area contributed by atoms with Crippen molar-refractivity contribution >= 4 is 29.7 Å². The molecule has 0 spiro atoms. The summed E-state index contributed by atoms with van der Waals surface area (Å²) in [5.74, 6) is -0.316. The van der Waals surface area contributed by atoms with E-state index in [0.717, 1.165) is 0 Å². The molecule has 3 rings (SSSR count). The highest BCUT2D eigenvalue weighted by molar-refractivity contribution is 6.02. The Morgan fingerprint density at radius 2 is 1.96 bits per heavy atom. The maximum atomic E-state index is 12.9. The van der Waals surface area contributed by atoms with Gasteiger partial charge in [-0.1, -0.05) is 12.1 Å². The number of benzene rings is 2. The third-order valence-corrected chi connectivity index (χ3v) is 3.82. The van der Waals surface area contributed by atoms with Gasteiger partial charge in [0.15, 0.2) is 5.78 Å². The molecule has 0 bridgehead atoms. The van der Waals surface area contributed by atoms with E-state index in [1.54, 1.807) is 12.1 Å². The lowest BCUT2D eigenvalue weighted by molar-refractivity contribution is -0.384. The lowest BCUT2D eigenvalue weighted by atomic mass is 9.96. The normalized spacial score (nSPS) is 16.2. The van der Waals surface area contributed by atoms with Crippen LogP contribution in [0.1, 0.15) is 15.9 Å². The van der Waals surface area contributed by atoms with E-state index in [2.05, 4.69) is 10.3 Å². The smallest absolute Gasteiger partial charge is 0.270 e. The quantitative estimate of drug-likeness (QED) is 0.514. The molecule has 1 heterocycles. The number of hydrogen-bond acceptors (Lipinski definition) is 5. The molecule has 0 radical (unpaired) electrons. The molecule has 1 atom stereocenters. The highest BCUT2D eigenvalue weighted by atomic mass is 35.5. The number of carbonyl (C=O) groups is 1. The van der Waals surface area contributed by atoms with Crippen LogP contribution in [0.4, 0.5) is 10.1 Å². The lowest BCUT2D eigenvalue weighted by Crippen LogP contribution is -2.39. The molecule has 1 aliphatic heterocycles. The molecule has 1 unspecified atom stereocenters. The molecule has 0 saturated heterocycles. The predicted molar refractivity (Wildman–Crippen MR) is 94.0 cm³/mol. The number of Topliss-reactive ketones (excluding diaryl/α,β-unsaturated/α-hetero) is 1. The van der Waals surface area contributed by atoms with E-state index in [1.165, 1.54) is 36.4 Å². The number of rotatable bonds is 4. The molecule has 0 aliphatic carbocycles. The van der Waals surface area contributed by atoms with Crippen molar-refractivity contribution < 1.29 is 14.1 Å². The van der Waals surface area contributed by atoms with Crippen LogP contribution in [0.2, 0.25) is 0 Å². The molecular formula is C17H15ClFN3O3. The van der Waals surface area contributed by atoms with Gasteiger partial charge in [0.05, 0.1) is 17.4 Å². The van der Waals surface area contributed by atoms with Crippen molar-refractivity contribution in [2.75, 3.05) is 13.1 Å². The summed E-state index contributed by atoms with van der Waals surface area (Å²) in [6.07, 6.45) is 0. The van der Waals surface area contributed by atoms with Gasteiger partial charge in [0.1, 0.15) is 11.7 Å². The van der Waals surface area contributed by atoms with Crippen LogP contribution < -0.4 is 5.32 Å². The van der Waals surface area contributed by atoms with Gasteiger partial charge in [0.2, 0.25) is 0 Å². The first-order valence-corrected chi connectivity index (χ1v) is 7.37. The second kappa shape index (κ2) is 7.85. The fourth-order valence-corrected chi connectivity index (χ4v) is 2.53. The number of ketones is 1. The summed E-state index contributed by atoms with van der Waals surface area (Å²) in [5, 5.41) is 13.9. The Kier molecular flexibility index (Phi) is 5.82. The topological polar surface area (TPSA) is 84.6 Å². The van der Waals surface area contributed by atoms with E-state index in [-0.39, 0.29) is 42.2 Å². The molecule has 0 aromatic heterocycles. The largest absolute Gasteiger partial charge is 0.369 e. The predicted octanol–water partition coefficient (Wildman–Crippen LogP) is 3.00. The van der Waals surface area contributed by atoms with Crippen LogP contribution >= 0.6 is 12.4 Å². The molecule has 0 saturated carbocycles. The van der Waals surface area contributed by atoms with Gasteiger partial charge in [0.25, 0.3) is 5.69 Å². The van der Waals surface area contributed by atoms with Gasteiger partial charge >= 0.3 is 0 Å². The van der Waals surface area contributed by atoms with Crippen LogP contribution in [0, 0.1) is 21.8 Å². The molecule has 0 amide bonds. The van der Waals surface area contributed by atoms with E-state index in [1.807, 2.05) is 0 Å². The average molecular weight is 364 g/mol. The van der Waals surface area contributed by atoms with Gasteiger partial charge in [-0.05, 0) is 24.3 Å². The van der Waals surface area contributed by atoms with Crippen LogP contribution in [0.15, 0.2) is 53.5 Å². The Morgan fingerprint density at radius 3 is 2.56 bits per heavy atom. The third kappa shape index (κ3) is 4.19. The molecule has 1 N–H and O–H groups in total. The van der Waals surface area contributed by atoms with Crippen molar-refractivity contribution in [3.63, 3.8) is 0 Å². The summed E-state index contributed by atoms with van der Waals surface area (Å²) in [6.45, 7) is 0.652. The summed E-state index contributed by atoms with van der Waals surface area (Å²) in [7, 11) is 0. The fourth-order valence-electron chi connectivity index (χ4n) is 2.53. The number of amidine groups is 1. The summed E-state index contributed by atoms with van der Waals surface area (Å²) >= 11 is 0. The van der Waals surface area contributed by atoms with Crippen LogP contribution in [0.25, 0.3) is 0 Å². The molecule has 8 heteroatoms. The van der Waals surface area contributed by atoms with Crippen molar-refractivity contribution in [2.24, 2.45) is 10.9 Å². The zero-order valence-electron chi connectivity index (χ0n) is 13.0. The van der Waals surface area contributed by atoms with E-state index < -0.39 is 4.92 Å². The monoisotopic (exact) mass is 363 g/mol. The Balaban J connectivity index is 0.00000225. The first-order valence-electron chi connectivity index (χ1n) is 7.37. The van der Waals surface area contributed by atoms with Crippen LogP contribution in [-0.4, -0.2) is 29.6 Å². The number of aliphatic imine (C=N–C) groups is 1. The van der Waals surface area contributed by atoms with Crippen LogP contribution in [0.5, 0.6) is 0 Å². The first-order chi connectivity index (χ1) is 11.5. The molecular weight excluding hydrogens is 349 g/mol. The molecule has 2 aromatic rings. The molecule has 25 heavy (non-hydrogen) atoms. The van der Waals surface area contributed by atoms with Crippen LogP contribution in [-0.2, 0) is 0 Å². The van der Waals surface area contributed by atoms with Gasteiger partial charge in [-0.25, -0.2) is 4.39 Å². The van der Waals surface area contributed by atoms with Crippen molar-refractivity contribution in [3.05, 3.63) is 75.6 Å². The van der Waals surface area contributed by atoms with E-state index in [4.69, 9.17) is 0 Å². The molecule has 2 aromatic carbocycles. The highest BCUT2D eigenvalue weighted by Crippen LogP contribution is 2.17.